The molecule has 3 nitrogen and oxygen atoms in total. The molecule has 2 aromatic rings. The molecular weight excluding hydrogens is 280 g/mol. The minimum Gasteiger partial charge on any atom is -0.486 e. The zero-order valence-electron chi connectivity index (χ0n) is 11.2. The van der Waals surface area contributed by atoms with E-state index in [2.05, 4.69) is 4.98 Å². The minimum atomic E-state index is -0.355. The summed E-state index contributed by atoms with van der Waals surface area (Å²) in [5, 5.41) is 1.63. The van der Waals surface area contributed by atoms with Gasteiger partial charge >= 0.3 is 0 Å². The highest BCUT2D eigenvalue weighted by Crippen LogP contribution is 2.26. The van der Waals surface area contributed by atoms with Crippen molar-refractivity contribution >= 4 is 22.9 Å². The minimum absolute atomic E-state index is 0.355. The first-order valence-electron chi connectivity index (χ1n) is 5.99. The molecule has 1 aromatic carbocycles. The lowest BCUT2D eigenvalue weighted by atomic mass is 10.1. The molecule has 2 rings (SSSR count). The Morgan fingerprint density at radius 2 is 2.16 bits per heavy atom. The van der Waals surface area contributed by atoms with Crippen LogP contribution in [0.3, 0.4) is 0 Å². The molecule has 0 saturated heterocycles. The number of ether oxygens (including phenoxy) is 1. The van der Waals surface area contributed by atoms with Gasteiger partial charge in [-0.2, -0.15) is 0 Å². The van der Waals surface area contributed by atoms with Gasteiger partial charge in [-0.15, -0.1) is 11.3 Å². The fourth-order valence-electron chi connectivity index (χ4n) is 1.59. The molecule has 0 fully saturated rings. The Balaban J connectivity index is 2.04. The third kappa shape index (κ3) is 3.69. The van der Waals surface area contributed by atoms with E-state index in [1.807, 2.05) is 45.2 Å². The average molecular weight is 297 g/mol. The maximum absolute atomic E-state index is 6.03. The van der Waals surface area contributed by atoms with Gasteiger partial charge in [-0.05, 0) is 44.5 Å². The van der Waals surface area contributed by atoms with Crippen LogP contribution in [-0.4, -0.2) is 4.98 Å². The van der Waals surface area contributed by atoms with Crippen molar-refractivity contribution in [2.24, 2.45) is 5.73 Å². The first-order chi connectivity index (χ1) is 8.86. The molecule has 0 aliphatic heterocycles. The number of halogens is 1. The summed E-state index contributed by atoms with van der Waals surface area (Å²) in [5.41, 5.74) is 6.70. The van der Waals surface area contributed by atoms with Crippen LogP contribution in [0, 0.1) is 6.92 Å². The summed E-state index contributed by atoms with van der Waals surface area (Å²) in [7, 11) is 0. The van der Waals surface area contributed by atoms with Gasteiger partial charge in [-0.3, -0.25) is 0 Å². The predicted octanol–water partition coefficient (Wildman–Crippen LogP) is 3.88. The second kappa shape index (κ2) is 5.49. The van der Waals surface area contributed by atoms with Crippen LogP contribution in [0.2, 0.25) is 5.02 Å². The van der Waals surface area contributed by atoms with Crippen LogP contribution in [-0.2, 0) is 12.1 Å². The Bertz CT molecular complexity index is 575. The van der Waals surface area contributed by atoms with Gasteiger partial charge in [0.05, 0.1) is 0 Å². The lowest BCUT2D eigenvalue weighted by molar-refractivity contribution is 0.303. The smallest absolute Gasteiger partial charge is 0.140 e. The number of benzene rings is 1. The molecule has 2 N–H and O–H groups in total. The molecule has 0 saturated carbocycles. The number of thiazole rings is 1. The highest BCUT2D eigenvalue weighted by atomic mass is 35.5. The lowest BCUT2D eigenvalue weighted by Crippen LogP contribution is -2.27. The van der Waals surface area contributed by atoms with E-state index >= 15 is 0 Å². The van der Waals surface area contributed by atoms with Crippen LogP contribution >= 0.6 is 22.9 Å². The Morgan fingerprint density at radius 3 is 2.74 bits per heavy atom. The zero-order chi connectivity index (χ0) is 14.0. The van der Waals surface area contributed by atoms with Crippen molar-refractivity contribution in [1.29, 1.82) is 0 Å². The summed E-state index contributed by atoms with van der Waals surface area (Å²) >= 11 is 7.49. The first-order valence-corrected chi connectivity index (χ1v) is 7.19. The third-order valence-electron chi connectivity index (χ3n) is 2.68. The standard InChI is InChI=1S/C14H17ClN2OS/c1-9-6-10(15)4-5-11(9)18-8-13-17-7-12(19-13)14(2,3)16/h4-7H,8,16H2,1-3H3. The zero-order valence-corrected chi connectivity index (χ0v) is 12.8. The Kier molecular flexibility index (Phi) is 4.13. The highest BCUT2D eigenvalue weighted by Gasteiger charge is 2.17. The van der Waals surface area contributed by atoms with Crippen molar-refractivity contribution in [3.05, 3.63) is 44.9 Å². The van der Waals surface area contributed by atoms with E-state index < -0.39 is 0 Å². The lowest BCUT2D eigenvalue weighted by Gasteiger charge is -2.14. The molecule has 0 spiro atoms. The number of nitrogens with zero attached hydrogens (tertiary/aromatic N) is 1. The van der Waals surface area contributed by atoms with Gasteiger partial charge in [0.15, 0.2) is 0 Å². The van der Waals surface area contributed by atoms with Gasteiger partial charge in [0.1, 0.15) is 17.4 Å². The Labute approximate surface area is 122 Å². The summed E-state index contributed by atoms with van der Waals surface area (Å²) in [6.45, 7) is 6.35. The summed E-state index contributed by atoms with van der Waals surface area (Å²) in [5.74, 6) is 0.827. The normalized spacial score (nSPS) is 11.6. The summed E-state index contributed by atoms with van der Waals surface area (Å²) in [6, 6.07) is 5.58. The van der Waals surface area contributed by atoms with Gasteiger partial charge in [0, 0.05) is 21.6 Å². The van der Waals surface area contributed by atoms with Gasteiger partial charge in [-0.1, -0.05) is 11.6 Å². The van der Waals surface area contributed by atoms with Crippen molar-refractivity contribution in [1.82, 2.24) is 4.98 Å². The summed E-state index contributed by atoms with van der Waals surface area (Å²) < 4.78 is 5.75. The molecule has 1 heterocycles. The fourth-order valence-corrected chi connectivity index (χ4v) is 2.66. The Morgan fingerprint density at radius 1 is 1.42 bits per heavy atom. The van der Waals surface area contributed by atoms with Gasteiger partial charge < -0.3 is 10.5 Å². The summed E-state index contributed by atoms with van der Waals surface area (Å²) in [6.07, 6.45) is 1.82. The van der Waals surface area contributed by atoms with Crippen molar-refractivity contribution in [2.45, 2.75) is 32.9 Å². The molecule has 102 valence electrons. The van der Waals surface area contributed by atoms with Crippen LogP contribution in [0.4, 0.5) is 0 Å². The number of aryl methyl sites for hydroxylation is 1. The molecule has 0 unspecified atom stereocenters. The quantitative estimate of drug-likeness (QED) is 0.931. The van der Waals surface area contributed by atoms with Gasteiger partial charge in [0.2, 0.25) is 0 Å². The number of hydrogen-bond donors (Lipinski definition) is 1. The third-order valence-corrected chi connectivity index (χ3v) is 4.22. The highest BCUT2D eigenvalue weighted by molar-refractivity contribution is 7.11. The van der Waals surface area contributed by atoms with E-state index in [-0.39, 0.29) is 5.54 Å². The van der Waals surface area contributed by atoms with E-state index in [0.717, 1.165) is 21.2 Å². The molecule has 0 aliphatic rings. The topological polar surface area (TPSA) is 48.1 Å². The second-order valence-electron chi connectivity index (χ2n) is 5.04. The van der Waals surface area contributed by atoms with Gasteiger partial charge in [-0.25, -0.2) is 4.98 Å². The fraction of sp³-hybridized carbons (Fsp3) is 0.357. The van der Waals surface area contributed by atoms with E-state index in [4.69, 9.17) is 22.1 Å². The number of hydrogen-bond acceptors (Lipinski definition) is 4. The van der Waals surface area contributed by atoms with E-state index in [9.17, 15) is 0 Å². The SMILES string of the molecule is Cc1cc(Cl)ccc1OCc1ncc(C(C)(C)N)s1. The van der Waals surface area contributed by atoms with Crippen molar-refractivity contribution in [3.8, 4) is 5.75 Å². The monoisotopic (exact) mass is 296 g/mol. The average Bonchev–Trinajstić information content (AvgIpc) is 2.76. The van der Waals surface area contributed by atoms with Crippen LogP contribution in [0.1, 0.15) is 29.3 Å². The van der Waals surface area contributed by atoms with Crippen molar-refractivity contribution in [2.75, 3.05) is 0 Å². The molecule has 0 aliphatic carbocycles. The second-order valence-corrected chi connectivity index (χ2v) is 6.59. The van der Waals surface area contributed by atoms with Crippen LogP contribution in [0.5, 0.6) is 5.75 Å². The van der Waals surface area contributed by atoms with Crippen LogP contribution in [0.25, 0.3) is 0 Å². The van der Waals surface area contributed by atoms with Crippen molar-refractivity contribution in [3.63, 3.8) is 0 Å². The number of nitrogens with two attached hydrogens (primary N) is 1. The summed E-state index contributed by atoms with van der Waals surface area (Å²) in [4.78, 5) is 5.39. The largest absolute Gasteiger partial charge is 0.486 e. The first kappa shape index (κ1) is 14.3. The van der Waals surface area contributed by atoms with Crippen molar-refractivity contribution < 1.29 is 4.74 Å². The van der Waals surface area contributed by atoms with Crippen LogP contribution < -0.4 is 10.5 Å². The maximum Gasteiger partial charge on any atom is 0.140 e. The predicted molar refractivity (Wildman–Crippen MR) is 79.8 cm³/mol. The van der Waals surface area contributed by atoms with Crippen LogP contribution in [0.15, 0.2) is 24.4 Å². The Hall–Kier alpha value is -1.10. The van der Waals surface area contributed by atoms with Gasteiger partial charge in [0.25, 0.3) is 0 Å². The van der Waals surface area contributed by atoms with E-state index in [1.54, 1.807) is 11.3 Å². The number of rotatable bonds is 4. The molecule has 19 heavy (non-hydrogen) atoms. The molecule has 0 radical (unpaired) electrons. The molecule has 0 bridgehead atoms. The van der Waals surface area contributed by atoms with E-state index in [0.29, 0.717) is 11.6 Å². The molecule has 1 aromatic heterocycles. The number of aromatic nitrogens is 1. The molecule has 5 heteroatoms. The molecule has 0 amide bonds. The molecule has 0 atom stereocenters. The van der Waals surface area contributed by atoms with E-state index in [1.165, 1.54) is 0 Å². The molecular formula is C14H17ClN2OS. The maximum atomic E-state index is 6.03.